The molecule has 0 bridgehead atoms. The molecule has 0 fully saturated rings. The first kappa shape index (κ1) is 13.4. The van der Waals surface area contributed by atoms with E-state index in [1.54, 1.807) is 13.1 Å². The second-order valence-electron chi connectivity index (χ2n) is 3.54. The van der Waals surface area contributed by atoms with E-state index in [-0.39, 0.29) is 10.8 Å². The van der Waals surface area contributed by atoms with E-state index in [2.05, 4.69) is 6.58 Å². The fourth-order valence-corrected chi connectivity index (χ4v) is 1.80. The summed E-state index contributed by atoms with van der Waals surface area (Å²) in [5, 5.41) is 4.95. The van der Waals surface area contributed by atoms with Crippen molar-refractivity contribution in [1.29, 1.82) is 0 Å². The van der Waals surface area contributed by atoms with Crippen LogP contribution < -0.4 is 5.14 Å². The van der Waals surface area contributed by atoms with Gasteiger partial charge in [0.15, 0.2) is 0 Å². The van der Waals surface area contributed by atoms with Crippen LogP contribution in [-0.2, 0) is 10.0 Å². The van der Waals surface area contributed by atoms with Gasteiger partial charge in [0.25, 0.3) is 5.91 Å². The highest BCUT2D eigenvalue weighted by atomic mass is 32.2. The van der Waals surface area contributed by atoms with Crippen molar-refractivity contribution >= 4 is 15.9 Å². The lowest BCUT2D eigenvalue weighted by molar-refractivity contribution is 0.0810. The topological polar surface area (TPSA) is 80.5 Å². The normalized spacial score (nSPS) is 10.9. The van der Waals surface area contributed by atoms with Crippen molar-refractivity contribution in [1.82, 2.24) is 4.90 Å². The van der Waals surface area contributed by atoms with Crippen molar-refractivity contribution in [3.8, 4) is 0 Å². The maximum Gasteiger partial charge on any atom is 0.253 e. The first-order chi connectivity index (χ1) is 7.86. The van der Waals surface area contributed by atoms with Crippen molar-refractivity contribution in [3.63, 3.8) is 0 Å². The molecule has 0 saturated carbocycles. The van der Waals surface area contributed by atoms with E-state index in [4.69, 9.17) is 5.14 Å². The molecule has 0 unspecified atom stereocenters. The predicted octanol–water partition coefficient (Wildman–Crippen LogP) is 0.592. The Bertz CT molecular complexity index is 520. The van der Waals surface area contributed by atoms with Crippen molar-refractivity contribution < 1.29 is 13.2 Å². The maximum atomic E-state index is 11.8. The first-order valence-electron chi connectivity index (χ1n) is 4.85. The summed E-state index contributed by atoms with van der Waals surface area (Å²) in [5.74, 6) is -0.203. The molecule has 0 aliphatic heterocycles. The molecule has 1 amide bonds. The summed E-state index contributed by atoms with van der Waals surface area (Å²) in [6.45, 7) is 3.96. The molecular formula is C11H14N2O3S. The van der Waals surface area contributed by atoms with Gasteiger partial charge in [-0.2, -0.15) is 0 Å². The van der Waals surface area contributed by atoms with E-state index in [9.17, 15) is 13.2 Å². The van der Waals surface area contributed by atoms with Gasteiger partial charge in [-0.05, 0) is 24.3 Å². The number of carbonyl (C=O) groups excluding carboxylic acids is 1. The Morgan fingerprint density at radius 1 is 1.41 bits per heavy atom. The molecule has 1 rings (SSSR count). The quantitative estimate of drug-likeness (QED) is 0.799. The van der Waals surface area contributed by atoms with Crippen LogP contribution in [0, 0.1) is 0 Å². The molecule has 17 heavy (non-hydrogen) atoms. The van der Waals surface area contributed by atoms with E-state index in [1.807, 2.05) is 0 Å². The molecule has 6 heteroatoms. The Labute approximate surface area is 101 Å². The Balaban J connectivity index is 2.95. The van der Waals surface area contributed by atoms with Gasteiger partial charge in [-0.25, -0.2) is 13.6 Å². The lowest BCUT2D eigenvalue weighted by Crippen LogP contribution is -2.26. The highest BCUT2D eigenvalue weighted by Crippen LogP contribution is 2.10. The maximum absolute atomic E-state index is 11.8. The van der Waals surface area contributed by atoms with Crippen LogP contribution in [0.5, 0.6) is 0 Å². The average molecular weight is 254 g/mol. The Morgan fingerprint density at radius 3 is 2.35 bits per heavy atom. The van der Waals surface area contributed by atoms with E-state index in [0.29, 0.717) is 12.1 Å². The van der Waals surface area contributed by atoms with Crippen LogP contribution in [0.4, 0.5) is 0 Å². The zero-order valence-corrected chi connectivity index (χ0v) is 10.3. The van der Waals surface area contributed by atoms with Crippen LogP contribution in [0.15, 0.2) is 41.8 Å². The summed E-state index contributed by atoms with van der Waals surface area (Å²) in [6.07, 6.45) is 1.61. The molecule has 0 radical (unpaired) electrons. The Morgan fingerprint density at radius 2 is 1.94 bits per heavy atom. The molecule has 0 atom stereocenters. The number of rotatable bonds is 4. The van der Waals surface area contributed by atoms with Crippen LogP contribution in [0.2, 0.25) is 0 Å². The molecule has 2 N–H and O–H groups in total. The molecule has 0 spiro atoms. The van der Waals surface area contributed by atoms with Crippen LogP contribution in [0.25, 0.3) is 0 Å². The number of amides is 1. The molecule has 5 nitrogen and oxygen atoms in total. The van der Waals surface area contributed by atoms with Gasteiger partial charge in [0.2, 0.25) is 10.0 Å². The van der Waals surface area contributed by atoms with Gasteiger partial charge in [0, 0.05) is 19.2 Å². The second kappa shape index (κ2) is 5.11. The average Bonchev–Trinajstić information content (AvgIpc) is 2.27. The zero-order chi connectivity index (χ0) is 13.1. The van der Waals surface area contributed by atoms with Gasteiger partial charge in [-0.3, -0.25) is 4.79 Å². The lowest BCUT2D eigenvalue weighted by Gasteiger charge is -2.14. The highest BCUT2D eigenvalue weighted by Gasteiger charge is 2.12. The van der Waals surface area contributed by atoms with Crippen molar-refractivity contribution in [2.75, 3.05) is 13.6 Å². The van der Waals surface area contributed by atoms with E-state index in [1.165, 1.54) is 29.2 Å². The monoisotopic (exact) mass is 254 g/mol. The number of benzene rings is 1. The van der Waals surface area contributed by atoms with Gasteiger partial charge < -0.3 is 4.90 Å². The van der Waals surface area contributed by atoms with Gasteiger partial charge in [0.05, 0.1) is 4.90 Å². The van der Waals surface area contributed by atoms with E-state index < -0.39 is 10.0 Å². The number of sulfonamides is 1. The minimum atomic E-state index is -3.72. The number of hydrogen-bond donors (Lipinski definition) is 1. The summed E-state index contributed by atoms with van der Waals surface area (Å²) in [5.41, 5.74) is 0.404. The molecule has 0 heterocycles. The Kier molecular flexibility index (Phi) is 4.03. The third-order valence-corrected chi connectivity index (χ3v) is 3.11. The summed E-state index contributed by atoms with van der Waals surface area (Å²) < 4.78 is 22.0. The van der Waals surface area contributed by atoms with Crippen LogP contribution in [-0.4, -0.2) is 32.8 Å². The number of nitrogens with zero attached hydrogens (tertiary/aromatic N) is 1. The molecule has 0 aliphatic carbocycles. The second-order valence-corrected chi connectivity index (χ2v) is 5.11. The van der Waals surface area contributed by atoms with Gasteiger partial charge >= 0.3 is 0 Å². The van der Waals surface area contributed by atoms with Crippen molar-refractivity contribution in [2.45, 2.75) is 4.90 Å². The molecule has 0 saturated heterocycles. The fourth-order valence-electron chi connectivity index (χ4n) is 1.28. The van der Waals surface area contributed by atoms with Crippen molar-refractivity contribution in [3.05, 3.63) is 42.5 Å². The largest absolute Gasteiger partial charge is 0.338 e. The van der Waals surface area contributed by atoms with E-state index in [0.717, 1.165) is 0 Å². The smallest absolute Gasteiger partial charge is 0.253 e. The van der Waals surface area contributed by atoms with Crippen LogP contribution in [0.3, 0.4) is 0 Å². The zero-order valence-electron chi connectivity index (χ0n) is 9.46. The minimum Gasteiger partial charge on any atom is -0.338 e. The lowest BCUT2D eigenvalue weighted by atomic mass is 10.2. The molecule has 0 aromatic heterocycles. The van der Waals surface area contributed by atoms with E-state index >= 15 is 0 Å². The fraction of sp³-hybridized carbons (Fsp3) is 0.182. The van der Waals surface area contributed by atoms with Gasteiger partial charge in [-0.15, -0.1) is 6.58 Å². The van der Waals surface area contributed by atoms with Crippen LogP contribution >= 0.6 is 0 Å². The number of hydrogen-bond acceptors (Lipinski definition) is 3. The number of carbonyl (C=O) groups is 1. The van der Waals surface area contributed by atoms with Gasteiger partial charge in [0.1, 0.15) is 0 Å². The van der Waals surface area contributed by atoms with Gasteiger partial charge in [-0.1, -0.05) is 6.08 Å². The Hall–Kier alpha value is -1.66. The molecular weight excluding hydrogens is 240 g/mol. The first-order valence-corrected chi connectivity index (χ1v) is 6.40. The molecule has 0 aliphatic rings. The van der Waals surface area contributed by atoms with Crippen LogP contribution in [0.1, 0.15) is 10.4 Å². The third kappa shape index (κ3) is 3.40. The van der Waals surface area contributed by atoms with Crippen molar-refractivity contribution in [2.24, 2.45) is 5.14 Å². The molecule has 1 aromatic carbocycles. The number of primary sulfonamides is 1. The molecule has 92 valence electrons. The highest BCUT2D eigenvalue weighted by molar-refractivity contribution is 7.89. The predicted molar refractivity (Wildman–Crippen MR) is 65.0 cm³/mol. The number of nitrogens with two attached hydrogens (primary N) is 1. The summed E-state index contributed by atoms with van der Waals surface area (Å²) in [6, 6.07) is 5.48. The summed E-state index contributed by atoms with van der Waals surface area (Å²) >= 11 is 0. The number of likely N-dealkylation sites (N-methyl/N-ethyl adjacent to an activating group) is 1. The third-order valence-electron chi connectivity index (χ3n) is 2.18. The summed E-state index contributed by atoms with van der Waals surface area (Å²) in [4.78, 5) is 13.3. The minimum absolute atomic E-state index is 0.0135. The molecule has 1 aromatic rings. The SMILES string of the molecule is C=CCN(C)C(=O)c1ccc(S(N)(=O)=O)cc1. The summed E-state index contributed by atoms with van der Waals surface area (Å²) in [7, 11) is -2.08. The standard InChI is InChI=1S/C11H14N2O3S/c1-3-8-13(2)11(14)9-4-6-10(7-5-9)17(12,15)16/h3-7H,1,8H2,2H3,(H2,12,15,16).